The number of aromatic amines is 1. The van der Waals surface area contributed by atoms with Crippen molar-refractivity contribution in [3.63, 3.8) is 0 Å². The van der Waals surface area contributed by atoms with Gasteiger partial charge in [0.25, 0.3) is 5.56 Å². The number of rotatable bonds is 4. The lowest BCUT2D eigenvalue weighted by molar-refractivity contribution is 0.250. The molecule has 1 saturated heterocycles. The van der Waals surface area contributed by atoms with Crippen molar-refractivity contribution >= 4 is 21.1 Å². The van der Waals surface area contributed by atoms with Crippen LogP contribution in [0, 0.1) is 5.92 Å². The molecule has 4 rings (SSSR count). The first-order valence-electron chi connectivity index (χ1n) is 10.2. The molecule has 0 spiro atoms. The topological polar surface area (TPSA) is 118 Å². The van der Waals surface area contributed by atoms with Crippen LogP contribution in [-0.2, 0) is 22.0 Å². The van der Waals surface area contributed by atoms with Gasteiger partial charge in [0.2, 0.25) is 10.0 Å². The van der Waals surface area contributed by atoms with Gasteiger partial charge in [-0.25, -0.2) is 18.2 Å². The molecule has 3 aromatic rings. The first kappa shape index (κ1) is 21.5. The second-order valence-electron chi connectivity index (χ2n) is 9.03. The second-order valence-corrected chi connectivity index (χ2v) is 11.0. The molecule has 2 aromatic heterocycles. The third-order valence-electron chi connectivity index (χ3n) is 5.71. The summed E-state index contributed by atoms with van der Waals surface area (Å²) in [7, 11) is -3.69. The Balaban J connectivity index is 1.44. The van der Waals surface area contributed by atoms with Crippen LogP contribution in [0.2, 0.25) is 0 Å². The number of nitrogens with zero attached hydrogens (tertiary/aromatic N) is 3. The highest BCUT2D eigenvalue weighted by atomic mass is 32.2. The number of hydrogen-bond acceptors (Lipinski definition) is 6. The van der Waals surface area contributed by atoms with Crippen molar-refractivity contribution in [2.75, 3.05) is 13.1 Å². The summed E-state index contributed by atoms with van der Waals surface area (Å²) >= 11 is 0. The zero-order valence-electron chi connectivity index (χ0n) is 17.8. The van der Waals surface area contributed by atoms with Crippen LogP contribution in [0.25, 0.3) is 11.1 Å². The number of nitrogens with one attached hydrogen (secondary N) is 1. The van der Waals surface area contributed by atoms with Crippen molar-refractivity contribution in [1.29, 1.82) is 0 Å². The average Bonchev–Trinajstić information content (AvgIpc) is 3.08. The first-order chi connectivity index (χ1) is 14.5. The molecule has 0 unspecified atom stereocenters. The van der Waals surface area contributed by atoms with Crippen molar-refractivity contribution in [2.45, 2.75) is 50.5 Å². The van der Waals surface area contributed by atoms with Crippen molar-refractivity contribution < 1.29 is 12.8 Å². The molecule has 1 aliphatic heterocycles. The van der Waals surface area contributed by atoms with Gasteiger partial charge >= 0.3 is 5.76 Å². The molecule has 9 nitrogen and oxygen atoms in total. The van der Waals surface area contributed by atoms with Gasteiger partial charge in [-0.2, -0.15) is 4.31 Å². The zero-order valence-corrected chi connectivity index (χ0v) is 18.6. The summed E-state index contributed by atoms with van der Waals surface area (Å²) in [6.07, 6.45) is 2.88. The quantitative estimate of drug-likeness (QED) is 0.655. The number of oxazole rings is 1. The van der Waals surface area contributed by atoms with E-state index in [1.54, 1.807) is 17.0 Å². The minimum atomic E-state index is -3.69. The fourth-order valence-electron chi connectivity index (χ4n) is 3.82. The van der Waals surface area contributed by atoms with Crippen LogP contribution in [0.15, 0.2) is 49.5 Å². The van der Waals surface area contributed by atoms with Crippen LogP contribution >= 0.6 is 0 Å². The summed E-state index contributed by atoms with van der Waals surface area (Å²) < 4.78 is 34.1. The van der Waals surface area contributed by atoms with E-state index in [0.717, 1.165) is 5.69 Å². The molecular weight excluding hydrogens is 420 g/mol. The van der Waals surface area contributed by atoms with Crippen LogP contribution in [0.4, 0.5) is 0 Å². The molecule has 0 atom stereocenters. The van der Waals surface area contributed by atoms with Crippen molar-refractivity contribution in [3.8, 4) is 0 Å². The summed E-state index contributed by atoms with van der Waals surface area (Å²) in [5.74, 6) is -0.428. The molecular formula is C21H26N4O5S. The highest BCUT2D eigenvalue weighted by Crippen LogP contribution is 2.26. The lowest BCUT2D eigenvalue weighted by Crippen LogP contribution is -2.40. The molecule has 0 radical (unpaired) electrons. The number of aromatic nitrogens is 3. The van der Waals surface area contributed by atoms with Gasteiger partial charge in [0.1, 0.15) is 0 Å². The molecule has 31 heavy (non-hydrogen) atoms. The van der Waals surface area contributed by atoms with Gasteiger partial charge in [0.05, 0.1) is 22.4 Å². The standard InChI is InChI=1S/C21H26N4O5S/c1-21(2,3)18-11-19(26)24(13-22-18)12-14-6-8-25(9-7-14)31(28,29)15-4-5-16-17(10-15)30-20(27)23-16/h4-5,10-11,13-14H,6-9,12H2,1-3H3,(H,23,27). The maximum atomic E-state index is 13.0. The normalized spacial score (nSPS) is 16.7. The highest BCUT2D eigenvalue weighted by Gasteiger charge is 2.30. The monoisotopic (exact) mass is 446 g/mol. The number of piperidine rings is 1. The van der Waals surface area contributed by atoms with Crippen molar-refractivity contribution in [3.05, 3.63) is 57.2 Å². The van der Waals surface area contributed by atoms with Gasteiger partial charge in [-0.05, 0) is 30.9 Å². The van der Waals surface area contributed by atoms with E-state index in [2.05, 4.69) is 9.97 Å². The predicted molar refractivity (Wildman–Crippen MR) is 116 cm³/mol. The van der Waals surface area contributed by atoms with E-state index < -0.39 is 15.8 Å². The fraction of sp³-hybridized carbons (Fsp3) is 0.476. The Morgan fingerprint density at radius 2 is 1.87 bits per heavy atom. The largest absolute Gasteiger partial charge is 0.417 e. The SMILES string of the molecule is CC(C)(C)c1cc(=O)n(CC2CCN(S(=O)(=O)c3ccc4[nH]c(=O)oc4c3)CC2)cn1. The van der Waals surface area contributed by atoms with E-state index in [-0.39, 0.29) is 27.4 Å². The third-order valence-corrected chi connectivity index (χ3v) is 7.60. The maximum Gasteiger partial charge on any atom is 0.417 e. The van der Waals surface area contributed by atoms with E-state index in [4.69, 9.17) is 4.42 Å². The smallest absolute Gasteiger partial charge is 0.408 e. The summed E-state index contributed by atoms with van der Waals surface area (Å²) in [4.78, 5) is 30.8. The number of fused-ring (bicyclic) bond motifs is 1. The minimum Gasteiger partial charge on any atom is -0.408 e. The number of sulfonamides is 1. The van der Waals surface area contributed by atoms with Crippen LogP contribution in [0.5, 0.6) is 0 Å². The van der Waals surface area contributed by atoms with Gasteiger partial charge in [0.15, 0.2) is 5.58 Å². The zero-order chi connectivity index (χ0) is 22.4. The van der Waals surface area contributed by atoms with Crippen molar-refractivity contribution in [1.82, 2.24) is 18.8 Å². The Bertz CT molecular complexity index is 1320. The van der Waals surface area contributed by atoms with Crippen LogP contribution in [-0.4, -0.2) is 40.3 Å². The maximum absolute atomic E-state index is 13.0. The Morgan fingerprint density at radius 3 is 2.52 bits per heavy atom. The molecule has 3 heterocycles. The predicted octanol–water partition coefficient (Wildman–Crippen LogP) is 2.08. The van der Waals surface area contributed by atoms with E-state index in [9.17, 15) is 18.0 Å². The molecule has 0 bridgehead atoms. The number of H-pyrrole nitrogens is 1. The lowest BCUT2D eigenvalue weighted by Gasteiger charge is -2.31. The summed E-state index contributed by atoms with van der Waals surface area (Å²) in [6, 6.07) is 5.95. The molecule has 1 aromatic carbocycles. The third kappa shape index (κ3) is 4.35. The second kappa shape index (κ2) is 7.76. The first-order valence-corrected chi connectivity index (χ1v) is 11.7. The Hall–Kier alpha value is -2.72. The Morgan fingerprint density at radius 1 is 1.16 bits per heavy atom. The molecule has 1 fully saturated rings. The minimum absolute atomic E-state index is 0.0868. The molecule has 166 valence electrons. The number of benzene rings is 1. The Kier molecular flexibility index (Phi) is 5.38. The van der Waals surface area contributed by atoms with Gasteiger partial charge in [-0.3, -0.25) is 14.3 Å². The number of hydrogen-bond donors (Lipinski definition) is 1. The van der Waals surface area contributed by atoms with E-state index in [1.807, 2.05) is 20.8 Å². The van der Waals surface area contributed by atoms with Crippen LogP contribution in [0.1, 0.15) is 39.3 Å². The molecule has 0 aliphatic carbocycles. The molecule has 1 aliphatic rings. The van der Waals surface area contributed by atoms with Gasteiger partial charge in [0, 0.05) is 37.2 Å². The summed E-state index contributed by atoms with van der Waals surface area (Å²) in [6.45, 7) is 7.28. The van der Waals surface area contributed by atoms with E-state index >= 15 is 0 Å². The van der Waals surface area contributed by atoms with E-state index in [0.29, 0.717) is 38.0 Å². The Labute approximate surface area is 179 Å². The average molecular weight is 447 g/mol. The van der Waals surface area contributed by atoms with Gasteiger partial charge in [-0.1, -0.05) is 20.8 Å². The van der Waals surface area contributed by atoms with Crippen LogP contribution < -0.4 is 11.3 Å². The lowest BCUT2D eigenvalue weighted by atomic mass is 9.92. The summed E-state index contributed by atoms with van der Waals surface area (Å²) in [5, 5.41) is 0. The van der Waals surface area contributed by atoms with Gasteiger partial charge < -0.3 is 4.42 Å². The summed E-state index contributed by atoms with van der Waals surface area (Å²) in [5.41, 5.74) is 1.15. The highest BCUT2D eigenvalue weighted by molar-refractivity contribution is 7.89. The van der Waals surface area contributed by atoms with E-state index in [1.165, 1.54) is 22.5 Å². The molecule has 10 heteroatoms. The van der Waals surface area contributed by atoms with Gasteiger partial charge in [-0.15, -0.1) is 0 Å². The molecule has 0 amide bonds. The molecule has 1 N–H and O–H groups in total. The fourth-order valence-corrected chi connectivity index (χ4v) is 5.30. The van der Waals surface area contributed by atoms with Crippen molar-refractivity contribution in [2.24, 2.45) is 5.92 Å². The van der Waals surface area contributed by atoms with Crippen LogP contribution in [0.3, 0.4) is 0 Å². The molecule has 0 saturated carbocycles.